The summed E-state index contributed by atoms with van der Waals surface area (Å²) in [6.07, 6.45) is 6.89. The molecule has 0 unspecified atom stereocenters. The molecule has 0 spiro atoms. The van der Waals surface area contributed by atoms with Gasteiger partial charge >= 0.3 is 0 Å². The summed E-state index contributed by atoms with van der Waals surface area (Å²) in [6, 6.07) is 1.67. The standard InChI is InChI=1S/C13H22N4O/c1-2-12(17-10-5-6-15-17)13(18)14-7-11-16-8-3-4-9-16/h5-6,10,12H,2-4,7-9,11H2,1H3,(H,14,18)/t12-/m0/s1. The second-order valence-electron chi connectivity index (χ2n) is 4.75. The summed E-state index contributed by atoms with van der Waals surface area (Å²) >= 11 is 0. The molecular formula is C13H22N4O. The predicted octanol–water partition coefficient (Wildman–Crippen LogP) is 1.05. The van der Waals surface area contributed by atoms with Crippen molar-refractivity contribution in [2.75, 3.05) is 26.2 Å². The van der Waals surface area contributed by atoms with E-state index in [-0.39, 0.29) is 11.9 Å². The Bertz CT molecular complexity index is 357. The fraction of sp³-hybridized carbons (Fsp3) is 0.692. The molecule has 0 aliphatic carbocycles. The zero-order valence-electron chi connectivity index (χ0n) is 11.0. The van der Waals surface area contributed by atoms with Crippen LogP contribution in [0.4, 0.5) is 0 Å². The lowest BCUT2D eigenvalue weighted by atomic mass is 10.2. The second-order valence-corrected chi connectivity index (χ2v) is 4.75. The van der Waals surface area contributed by atoms with E-state index in [9.17, 15) is 4.79 Å². The van der Waals surface area contributed by atoms with Gasteiger partial charge in [-0.2, -0.15) is 5.10 Å². The van der Waals surface area contributed by atoms with Gasteiger partial charge in [-0.1, -0.05) is 6.92 Å². The van der Waals surface area contributed by atoms with Crippen LogP contribution in [0.5, 0.6) is 0 Å². The molecule has 100 valence electrons. The van der Waals surface area contributed by atoms with Gasteiger partial charge in [0.15, 0.2) is 0 Å². The number of likely N-dealkylation sites (tertiary alicyclic amines) is 1. The molecule has 1 amide bonds. The molecule has 1 aromatic rings. The summed E-state index contributed by atoms with van der Waals surface area (Å²) in [5.41, 5.74) is 0. The highest BCUT2D eigenvalue weighted by atomic mass is 16.2. The minimum absolute atomic E-state index is 0.0698. The van der Waals surface area contributed by atoms with Crippen molar-refractivity contribution in [3.8, 4) is 0 Å². The smallest absolute Gasteiger partial charge is 0.244 e. The molecule has 2 rings (SSSR count). The molecule has 1 atom stereocenters. The largest absolute Gasteiger partial charge is 0.353 e. The average molecular weight is 250 g/mol. The number of nitrogens with one attached hydrogen (secondary N) is 1. The third-order valence-corrected chi connectivity index (χ3v) is 3.46. The van der Waals surface area contributed by atoms with Gasteiger partial charge in [-0.05, 0) is 38.4 Å². The Balaban J connectivity index is 1.75. The molecule has 1 fully saturated rings. The first kappa shape index (κ1) is 13.1. The van der Waals surface area contributed by atoms with Crippen molar-refractivity contribution in [2.45, 2.75) is 32.2 Å². The predicted molar refractivity (Wildman–Crippen MR) is 70.2 cm³/mol. The molecule has 1 aromatic heterocycles. The van der Waals surface area contributed by atoms with Crippen LogP contribution in [0.3, 0.4) is 0 Å². The third kappa shape index (κ3) is 3.32. The molecule has 5 nitrogen and oxygen atoms in total. The number of carbonyl (C=O) groups excluding carboxylic acids is 1. The number of amides is 1. The molecule has 1 saturated heterocycles. The van der Waals surface area contributed by atoms with Gasteiger partial charge in [-0.3, -0.25) is 9.48 Å². The fourth-order valence-electron chi connectivity index (χ4n) is 2.42. The SMILES string of the molecule is CC[C@@H](C(=O)NCCN1CCCC1)n1cccn1. The lowest BCUT2D eigenvalue weighted by Crippen LogP contribution is -2.37. The summed E-state index contributed by atoms with van der Waals surface area (Å²) in [6.45, 7) is 6.04. The number of nitrogens with zero attached hydrogens (tertiary/aromatic N) is 3. The Morgan fingerprint density at radius 1 is 1.44 bits per heavy atom. The van der Waals surface area contributed by atoms with Crippen LogP contribution in [0, 0.1) is 0 Å². The minimum atomic E-state index is -0.182. The molecule has 0 radical (unpaired) electrons. The maximum absolute atomic E-state index is 12.1. The molecule has 0 saturated carbocycles. The molecule has 18 heavy (non-hydrogen) atoms. The monoisotopic (exact) mass is 250 g/mol. The van der Waals surface area contributed by atoms with E-state index in [4.69, 9.17) is 0 Å². The van der Waals surface area contributed by atoms with Crippen molar-refractivity contribution >= 4 is 5.91 Å². The fourth-order valence-corrected chi connectivity index (χ4v) is 2.42. The van der Waals surface area contributed by atoms with E-state index in [2.05, 4.69) is 15.3 Å². The van der Waals surface area contributed by atoms with Crippen LogP contribution in [0.2, 0.25) is 0 Å². The van der Waals surface area contributed by atoms with Crippen LogP contribution in [0.25, 0.3) is 0 Å². The highest BCUT2D eigenvalue weighted by molar-refractivity contribution is 5.80. The van der Waals surface area contributed by atoms with E-state index < -0.39 is 0 Å². The van der Waals surface area contributed by atoms with Crippen molar-refractivity contribution in [1.29, 1.82) is 0 Å². The molecule has 0 bridgehead atoms. The van der Waals surface area contributed by atoms with Crippen LogP contribution in [-0.2, 0) is 4.79 Å². The molecule has 5 heteroatoms. The van der Waals surface area contributed by atoms with E-state index in [0.29, 0.717) is 0 Å². The topological polar surface area (TPSA) is 50.2 Å². The van der Waals surface area contributed by atoms with Gasteiger partial charge in [0.1, 0.15) is 6.04 Å². The molecule has 1 aliphatic rings. The molecule has 1 N–H and O–H groups in total. The lowest BCUT2D eigenvalue weighted by molar-refractivity contribution is -0.124. The van der Waals surface area contributed by atoms with Crippen LogP contribution >= 0.6 is 0 Å². The van der Waals surface area contributed by atoms with Crippen molar-refractivity contribution < 1.29 is 4.79 Å². The van der Waals surface area contributed by atoms with Gasteiger partial charge in [0.05, 0.1) is 0 Å². The number of carbonyl (C=O) groups is 1. The second kappa shape index (κ2) is 6.54. The Labute approximate surface area is 108 Å². The lowest BCUT2D eigenvalue weighted by Gasteiger charge is -2.18. The Hall–Kier alpha value is -1.36. The molecular weight excluding hydrogens is 228 g/mol. The Morgan fingerprint density at radius 3 is 2.83 bits per heavy atom. The van der Waals surface area contributed by atoms with E-state index >= 15 is 0 Å². The average Bonchev–Trinajstić information content (AvgIpc) is 3.02. The van der Waals surface area contributed by atoms with Crippen LogP contribution in [0.1, 0.15) is 32.2 Å². The summed E-state index contributed by atoms with van der Waals surface area (Å²) in [7, 11) is 0. The third-order valence-electron chi connectivity index (χ3n) is 3.46. The van der Waals surface area contributed by atoms with Crippen LogP contribution < -0.4 is 5.32 Å². The highest BCUT2D eigenvalue weighted by Crippen LogP contribution is 2.09. The summed E-state index contributed by atoms with van der Waals surface area (Å²) < 4.78 is 1.73. The van der Waals surface area contributed by atoms with Crippen LogP contribution in [0.15, 0.2) is 18.5 Å². The molecule has 2 heterocycles. The van der Waals surface area contributed by atoms with Crippen LogP contribution in [-0.4, -0.2) is 46.8 Å². The van der Waals surface area contributed by atoms with Crippen molar-refractivity contribution in [1.82, 2.24) is 20.0 Å². The maximum Gasteiger partial charge on any atom is 0.244 e. The minimum Gasteiger partial charge on any atom is -0.353 e. The van der Waals surface area contributed by atoms with Gasteiger partial charge < -0.3 is 10.2 Å². The summed E-state index contributed by atoms with van der Waals surface area (Å²) in [4.78, 5) is 14.5. The highest BCUT2D eigenvalue weighted by Gasteiger charge is 2.18. The molecule has 0 aromatic carbocycles. The number of aromatic nitrogens is 2. The van der Waals surface area contributed by atoms with Gasteiger partial charge in [-0.15, -0.1) is 0 Å². The van der Waals surface area contributed by atoms with Crippen molar-refractivity contribution in [3.63, 3.8) is 0 Å². The van der Waals surface area contributed by atoms with Crippen molar-refractivity contribution in [3.05, 3.63) is 18.5 Å². The van der Waals surface area contributed by atoms with Gasteiger partial charge in [-0.25, -0.2) is 0 Å². The first-order valence-electron chi connectivity index (χ1n) is 6.80. The first-order chi connectivity index (χ1) is 8.81. The quantitative estimate of drug-likeness (QED) is 0.821. The zero-order valence-corrected chi connectivity index (χ0v) is 11.0. The normalized spacial score (nSPS) is 17.8. The Kier molecular flexibility index (Phi) is 4.75. The molecule has 1 aliphatic heterocycles. The van der Waals surface area contributed by atoms with Gasteiger partial charge in [0, 0.05) is 25.5 Å². The number of hydrogen-bond acceptors (Lipinski definition) is 3. The van der Waals surface area contributed by atoms with Gasteiger partial charge in [0.25, 0.3) is 0 Å². The first-order valence-corrected chi connectivity index (χ1v) is 6.80. The maximum atomic E-state index is 12.1. The summed E-state index contributed by atoms with van der Waals surface area (Å²) in [5, 5.41) is 7.15. The Morgan fingerprint density at radius 2 is 2.22 bits per heavy atom. The van der Waals surface area contributed by atoms with Gasteiger partial charge in [0.2, 0.25) is 5.91 Å². The van der Waals surface area contributed by atoms with E-state index in [1.807, 2.05) is 19.2 Å². The van der Waals surface area contributed by atoms with E-state index in [1.165, 1.54) is 25.9 Å². The zero-order chi connectivity index (χ0) is 12.8. The van der Waals surface area contributed by atoms with E-state index in [0.717, 1.165) is 19.5 Å². The number of hydrogen-bond donors (Lipinski definition) is 1. The van der Waals surface area contributed by atoms with E-state index in [1.54, 1.807) is 10.9 Å². The number of rotatable bonds is 6. The van der Waals surface area contributed by atoms with Crippen molar-refractivity contribution in [2.24, 2.45) is 0 Å². The summed E-state index contributed by atoms with van der Waals surface area (Å²) in [5.74, 6) is 0.0698.